The zero-order chi connectivity index (χ0) is 19.2. The average Bonchev–Trinajstić information content (AvgIpc) is 2.97. The van der Waals surface area contributed by atoms with Crippen molar-refractivity contribution in [1.29, 1.82) is 0 Å². The lowest BCUT2D eigenvalue weighted by Crippen LogP contribution is -2.46. The zero-order valence-electron chi connectivity index (χ0n) is 14.7. The molecule has 0 radical (unpaired) electrons. The highest BCUT2D eigenvalue weighted by Gasteiger charge is 2.52. The SMILES string of the molecule is Cc1ccc([N+](=O)[O-])c(S(=O)(=O)N2C(C(=O)O)CC3CCCCC32)c1C. The molecule has 1 aromatic carbocycles. The zero-order valence-corrected chi connectivity index (χ0v) is 15.5. The summed E-state index contributed by atoms with van der Waals surface area (Å²) in [6.07, 6.45) is 3.42. The molecule has 0 bridgehead atoms. The van der Waals surface area contributed by atoms with Gasteiger partial charge in [0.1, 0.15) is 6.04 Å². The molecule has 0 spiro atoms. The monoisotopic (exact) mass is 382 g/mol. The van der Waals surface area contributed by atoms with E-state index in [1.807, 2.05) is 0 Å². The van der Waals surface area contributed by atoms with Crippen LogP contribution < -0.4 is 0 Å². The third-order valence-corrected chi connectivity index (χ3v) is 7.81. The van der Waals surface area contributed by atoms with Gasteiger partial charge in [-0.05, 0) is 50.2 Å². The minimum absolute atomic E-state index is 0.0104. The lowest BCUT2D eigenvalue weighted by Gasteiger charge is -2.32. The first-order valence-corrected chi connectivity index (χ1v) is 10.1. The van der Waals surface area contributed by atoms with Gasteiger partial charge in [-0.15, -0.1) is 0 Å². The van der Waals surface area contributed by atoms with E-state index >= 15 is 0 Å². The molecule has 26 heavy (non-hydrogen) atoms. The van der Waals surface area contributed by atoms with E-state index in [-0.39, 0.29) is 17.2 Å². The molecule has 1 N–H and O–H groups in total. The number of hydrogen-bond donors (Lipinski definition) is 1. The highest BCUT2D eigenvalue weighted by Crippen LogP contribution is 2.44. The maximum Gasteiger partial charge on any atom is 0.322 e. The maximum atomic E-state index is 13.5. The molecule has 8 nitrogen and oxygen atoms in total. The van der Waals surface area contributed by atoms with Crippen molar-refractivity contribution in [3.05, 3.63) is 33.4 Å². The lowest BCUT2D eigenvalue weighted by atomic mass is 9.85. The number of sulfonamides is 1. The van der Waals surface area contributed by atoms with Crippen molar-refractivity contribution in [3.63, 3.8) is 0 Å². The van der Waals surface area contributed by atoms with Gasteiger partial charge in [-0.2, -0.15) is 4.31 Å². The molecular formula is C17H22N2O6S. The number of hydrogen-bond acceptors (Lipinski definition) is 5. The topological polar surface area (TPSA) is 118 Å². The molecule has 3 rings (SSSR count). The number of carboxylic acids is 1. The van der Waals surface area contributed by atoms with Crippen molar-refractivity contribution in [2.75, 3.05) is 0 Å². The summed E-state index contributed by atoms with van der Waals surface area (Å²) in [7, 11) is -4.32. The van der Waals surface area contributed by atoms with E-state index in [2.05, 4.69) is 0 Å². The largest absolute Gasteiger partial charge is 0.480 e. The molecule has 9 heteroatoms. The Hall–Kier alpha value is -2.00. The number of aryl methyl sites for hydroxylation is 1. The van der Waals surface area contributed by atoms with E-state index in [0.29, 0.717) is 17.5 Å². The van der Waals surface area contributed by atoms with Crippen molar-refractivity contribution in [1.82, 2.24) is 4.31 Å². The van der Waals surface area contributed by atoms with E-state index in [9.17, 15) is 28.4 Å². The fraction of sp³-hybridized carbons (Fsp3) is 0.588. The van der Waals surface area contributed by atoms with Crippen LogP contribution in [0.4, 0.5) is 5.69 Å². The molecule has 0 amide bonds. The standard InChI is InChI=1S/C17H22N2O6S/c1-10-7-8-14(19(22)23)16(11(10)2)26(24,25)18-13-6-4-3-5-12(13)9-15(18)17(20)21/h7-8,12-13,15H,3-6,9H2,1-2H3,(H,20,21). The first kappa shape index (κ1) is 18.8. The second-order valence-corrected chi connectivity index (χ2v) is 8.93. The second kappa shape index (κ2) is 6.62. The molecule has 1 aliphatic carbocycles. The van der Waals surface area contributed by atoms with E-state index < -0.39 is 38.7 Å². The first-order chi connectivity index (χ1) is 12.2. The fourth-order valence-corrected chi connectivity index (χ4v) is 6.64. The number of nitrogens with zero attached hydrogens (tertiary/aromatic N) is 2. The van der Waals surface area contributed by atoms with Gasteiger partial charge in [0, 0.05) is 12.1 Å². The summed E-state index contributed by atoms with van der Waals surface area (Å²) in [5.74, 6) is -1.21. The van der Waals surface area contributed by atoms with E-state index in [1.54, 1.807) is 6.92 Å². The van der Waals surface area contributed by atoms with Crippen LogP contribution in [0.25, 0.3) is 0 Å². The van der Waals surface area contributed by atoms with Crippen molar-refractivity contribution < 1.29 is 23.2 Å². The van der Waals surface area contributed by atoms with Crippen LogP contribution >= 0.6 is 0 Å². The van der Waals surface area contributed by atoms with Crippen LogP contribution in [0.15, 0.2) is 17.0 Å². The quantitative estimate of drug-likeness (QED) is 0.632. The number of nitro groups is 1. The maximum absolute atomic E-state index is 13.5. The van der Waals surface area contributed by atoms with Gasteiger partial charge in [-0.25, -0.2) is 8.42 Å². The van der Waals surface area contributed by atoms with Gasteiger partial charge in [0.25, 0.3) is 15.7 Å². The Morgan fingerprint density at radius 1 is 1.27 bits per heavy atom. The number of benzene rings is 1. The summed E-state index contributed by atoms with van der Waals surface area (Å²) in [6.45, 7) is 3.21. The van der Waals surface area contributed by atoms with Gasteiger partial charge in [-0.3, -0.25) is 14.9 Å². The Kier molecular flexibility index (Phi) is 4.78. The number of carbonyl (C=O) groups is 1. The molecule has 0 aromatic heterocycles. The van der Waals surface area contributed by atoms with E-state index in [1.165, 1.54) is 19.1 Å². The normalized spacial score (nSPS) is 26.5. The fourth-order valence-electron chi connectivity index (χ4n) is 4.33. The Morgan fingerprint density at radius 2 is 1.92 bits per heavy atom. The van der Waals surface area contributed by atoms with Crippen molar-refractivity contribution in [2.45, 2.75) is 62.9 Å². The van der Waals surface area contributed by atoms with Crippen LogP contribution in [-0.2, 0) is 14.8 Å². The molecule has 3 unspecified atom stereocenters. The lowest BCUT2D eigenvalue weighted by molar-refractivity contribution is -0.388. The molecule has 2 fully saturated rings. The summed E-state index contributed by atoms with van der Waals surface area (Å²) in [5.41, 5.74) is 0.402. The van der Waals surface area contributed by atoms with Crippen LogP contribution in [0.5, 0.6) is 0 Å². The van der Waals surface area contributed by atoms with Crippen molar-refractivity contribution >= 4 is 21.7 Å². The van der Waals surface area contributed by atoms with Crippen molar-refractivity contribution in [3.8, 4) is 0 Å². The summed E-state index contributed by atoms with van der Waals surface area (Å²) in [6, 6.07) is 1.11. The first-order valence-electron chi connectivity index (χ1n) is 8.67. The smallest absolute Gasteiger partial charge is 0.322 e. The average molecular weight is 382 g/mol. The van der Waals surface area contributed by atoms with Gasteiger partial charge in [0.2, 0.25) is 0 Å². The van der Waals surface area contributed by atoms with Gasteiger partial charge < -0.3 is 5.11 Å². The number of carboxylic acid groups (broad SMARTS) is 1. The number of nitro benzene ring substituents is 1. The summed E-state index contributed by atoms with van der Waals surface area (Å²) >= 11 is 0. The third kappa shape index (κ3) is 2.88. The summed E-state index contributed by atoms with van der Waals surface area (Å²) in [5, 5.41) is 21.1. The summed E-state index contributed by atoms with van der Waals surface area (Å²) < 4.78 is 28.0. The van der Waals surface area contributed by atoms with Crippen LogP contribution in [0.3, 0.4) is 0 Å². The Balaban J connectivity index is 2.19. The molecular weight excluding hydrogens is 360 g/mol. The van der Waals surface area contributed by atoms with Gasteiger partial charge in [-0.1, -0.05) is 18.9 Å². The van der Waals surface area contributed by atoms with Crippen LogP contribution in [0, 0.1) is 29.9 Å². The number of rotatable bonds is 4. The minimum Gasteiger partial charge on any atom is -0.480 e. The minimum atomic E-state index is -4.32. The predicted octanol–water partition coefficient (Wildman–Crippen LogP) is 2.62. The second-order valence-electron chi connectivity index (χ2n) is 7.15. The van der Waals surface area contributed by atoms with Crippen LogP contribution in [-0.4, -0.2) is 40.8 Å². The highest BCUT2D eigenvalue weighted by molar-refractivity contribution is 7.89. The molecule has 1 saturated heterocycles. The van der Waals surface area contributed by atoms with Crippen LogP contribution in [0.1, 0.15) is 43.2 Å². The molecule has 1 aliphatic heterocycles. The molecule has 2 aliphatic rings. The third-order valence-electron chi connectivity index (χ3n) is 5.70. The van der Waals surface area contributed by atoms with Gasteiger partial charge >= 0.3 is 5.97 Å². The Morgan fingerprint density at radius 3 is 2.54 bits per heavy atom. The van der Waals surface area contributed by atoms with Crippen molar-refractivity contribution in [2.24, 2.45) is 5.92 Å². The number of aliphatic carboxylic acids is 1. The van der Waals surface area contributed by atoms with E-state index in [4.69, 9.17) is 0 Å². The molecule has 142 valence electrons. The molecule has 3 atom stereocenters. The predicted molar refractivity (Wildman–Crippen MR) is 93.4 cm³/mol. The molecule has 1 heterocycles. The molecule has 1 aromatic rings. The highest BCUT2D eigenvalue weighted by atomic mass is 32.2. The number of fused-ring (bicyclic) bond motifs is 1. The van der Waals surface area contributed by atoms with E-state index in [0.717, 1.165) is 23.6 Å². The molecule has 1 saturated carbocycles. The Labute approximate surface area is 152 Å². The van der Waals surface area contributed by atoms with Gasteiger partial charge in [0.15, 0.2) is 4.90 Å². The summed E-state index contributed by atoms with van der Waals surface area (Å²) in [4.78, 5) is 22.1. The van der Waals surface area contributed by atoms with Crippen LogP contribution in [0.2, 0.25) is 0 Å². The Bertz CT molecular complexity index is 866. The van der Waals surface area contributed by atoms with Gasteiger partial charge in [0.05, 0.1) is 4.92 Å².